The number of hydrogen-bond donors (Lipinski definition) is 1. The van der Waals surface area contributed by atoms with Crippen LogP contribution in [0.15, 0.2) is 0 Å². The van der Waals surface area contributed by atoms with Crippen LogP contribution in [0, 0.1) is 5.92 Å². The van der Waals surface area contributed by atoms with Gasteiger partial charge in [0.15, 0.2) is 0 Å². The molecule has 18 heavy (non-hydrogen) atoms. The van der Waals surface area contributed by atoms with Gasteiger partial charge in [-0.1, -0.05) is 40.5 Å². The lowest BCUT2D eigenvalue weighted by molar-refractivity contribution is -0.151. The number of carbonyl (C=O) groups excluding carboxylic acids is 2. The van der Waals surface area contributed by atoms with Gasteiger partial charge in [0.2, 0.25) is 11.8 Å². The Kier molecular flexibility index (Phi) is 5.17. The molecule has 4 heteroatoms. The predicted molar refractivity (Wildman–Crippen MR) is 72.1 cm³/mol. The highest BCUT2D eigenvalue weighted by Crippen LogP contribution is 2.23. The zero-order valence-electron chi connectivity index (χ0n) is 12.1. The molecular weight excluding hydrogens is 228 g/mol. The average molecular weight is 254 g/mol. The van der Waals surface area contributed by atoms with Gasteiger partial charge in [-0.25, -0.2) is 0 Å². The fourth-order valence-electron chi connectivity index (χ4n) is 2.64. The Bertz CT molecular complexity index is 307. The van der Waals surface area contributed by atoms with Crippen molar-refractivity contribution in [3.63, 3.8) is 0 Å². The van der Waals surface area contributed by atoms with Crippen molar-refractivity contribution in [2.75, 3.05) is 13.1 Å². The molecule has 1 rings (SSSR count). The number of nitrogens with one attached hydrogen (secondary N) is 1. The van der Waals surface area contributed by atoms with E-state index in [-0.39, 0.29) is 18.4 Å². The van der Waals surface area contributed by atoms with Crippen molar-refractivity contribution in [1.29, 1.82) is 0 Å². The minimum absolute atomic E-state index is 0.0238. The van der Waals surface area contributed by atoms with Gasteiger partial charge in [-0.15, -0.1) is 0 Å². The van der Waals surface area contributed by atoms with Gasteiger partial charge in [0.25, 0.3) is 0 Å². The Morgan fingerprint density at radius 1 is 1.17 bits per heavy atom. The number of nitrogens with zero attached hydrogens (tertiary/aromatic N) is 1. The second-order valence-electron chi connectivity index (χ2n) is 5.21. The number of piperazine rings is 1. The van der Waals surface area contributed by atoms with E-state index in [1.54, 1.807) is 4.90 Å². The van der Waals surface area contributed by atoms with Crippen molar-refractivity contribution >= 4 is 11.8 Å². The average Bonchev–Trinajstić information content (AvgIpc) is 2.39. The van der Waals surface area contributed by atoms with Crippen LogP contribution in [0.4, 0.5) is 0 Å². The monoisotopic (exact) mass is 254 g/mol. The van der Waals surface area contributed by atoms with E-state index < -0.39 is 5.54 Å². The molecule has 1 heterocycles. The summed E-state index contributed by atoms with van der Waals surface area (Å²) in [6.07, 6.45) is 3.42. The van der Waals surface area contributed by atoms with Crippen LogP contribution in [0.1, 0.15) is 53.4 Å². The van der Waals surface area contributed by atoms with Crippen LogP contribution >= 0.6 is 0 Å². The lowest BCUT2D eigenvalue weighted by atomic mass is 9.88. The van der Waals surface area contributed by atoms with E-state index in [9.17, 15) is 9.59 Å². The lowest BCUT2D eigenvalue weighted by Crippen LogP contribution is -2.66. The molecule has 104 valence electrons. The van der Waals surface area contributed by atoms with E-state index in [2.05, 4.69) is 19.2 Å². The molecule has 1 aliphatic rings. The molecule has 1 N–H and O–H groups in total. The highest BCUT2D eigenvalue weighted by Gasteiger charge is 2.44. The Labute approximate surface area is 110 Å². The SMILES string of the molecule is CCC(CC)CN1CC(=O)NC(CC)(CC)C1=O. The predicted octanol–water partition coefficient (Wildman–Crippen LogP) is 1.94. The molecule has 4 nitrogen and oxygen atoms in total. The Morgan fingerprint density at radius 2 is 1.72 bits per heavy atom. The van der Waals surface area contributed by atoms with Gasteiger partial charge in [-0.2, -0.15) is 0 Å². The van der Waals surface area contributed by atoms with Gasteiger partial charge in [-0.3, -0.25) is 9.59 Å². The molecule has 1 aliphatic heterocycles. The van der Waals surface area contributed by atoms with Crippen LogP contribution < -0.4 is 5.32 Å². The molecule has 0 unspecified atom stereocenters. The summed E-state index contributed by atoms with van der Waals surface area (Å²) in [7, 11) is 0. The third-order valence-corrected chi connectivity index (χ3v) is 4.25. The first kappa shape index (κ1) is 15.0. The van der Waals surface area contributed by atoms with E-state index >= 15 is 0 Å². The summed E-state index contributed by atoms with van der Waals surface area (Å²) >= 11 is 0. The largest absolute Gasteiger partial charge is 0.340 e. The van der Waals surface area contributed by atoms with Crippen molar-refractivity contribution in [3.8, 4) is 0 Å². The summed E-state index contributed by atoms with van der Waals surface area (Å²) in [6, 6.07) is 0. The second kappa shape index (κ2) is 6.21. The maximum absolute atomic E-state index is 12.5. The van der Waals surface area contributed by atoms with E-state index in [0.29, 0.717) is 25.3 Å². The molecule has 0 radical (unpaired) electrons. The minimum Gasteiger partial charge on any atom is -0.340 e. The highest BCUT2D eigenvalue weighted by molar-refractivity contribution is 5.97. The molecule has 0 spiro atoms. The van der Waals surface area contributed by atoms with E-state index in [1.165, 1.54) is 0 Å². The summed E-state index contributed by atoms with van der Waals surface area (Å²) in [5.74, 6) is 0.564. The third-order valence-electron chi connectivity index (χ3n) is 4.25. The molecule has 0 aromatic rings. The van der Waals surface area contributed by atoms with Crippen molar-refractivity contribution in [3.05, 3.63) is 0 Å². The summed E-state index contributed by atoms with van der Waals surface area (Å²) in [5.41, 5.74) is -0.665. The zero-order valence-corrected chi connectivity index (χ0v) is 12.1. The standard InChI is InChI=1S/C14H26N2O2/c1-5-11(6-2)9-16-10-12(17)15-14(7-3,8-4)13(16)18/h11H,5-10H2,1-4H3,(H,15,17). The number of carbonyl (C=O) groups is 2. The Balaban J connectivity index is 2.85. The van der Waals surface area contributed by atoms with Crippen molar-refractivity contribution in [1.82, 2.24) is 10.2 Å². The molecule has 1 fully saturated rings. The fourth-order valence-corrected chi connectivity index (χ4v) is 2.64. The van der Waals surface area contributed by atoms with Crippen LogP contribution in [-0.2, 0) is 9.59 Å². The first-order valence-electron chi connectivity index (χ1n) is 7.13. The van der Waals surface area contributed by atoms with Gasteiger partial charge in [0.05, 0.1) is 6.54 Å². The highest BCUT2D eigenvalue weighted by atomic mass is 16.2. The maximum Gasteiger partial charge on any atom is 0.248 e. The van der Waals surface area contributed by atoms with E-state index in [1.807, 2.05) is 13.8 Å². The van der Waals surface area contributed by atoms with Crippen LogP contribution in [0.2, 0.25) is 0 Å². The summed E-state index contributed by atoms with van der Waals surface area (Å²) in [5, 5.41) is 2.89. The summed E-state index contributed by atoms with van der Waals surface area (Å²) in [4.78, 5) is 26.1. The van der Waals surface area contributed by atoms with Gasteiger partial charge in [0.1, 0.15) is 5.54 Å². The van der Waals surface area contributed by atoms with Gasteiger partial charge < -0.3 is 10.2 Å². The zero-order chi connectivity index (χ0) is 13.8. The molecule has 0 aromatic heterocycles. The molecular formula is C14H26N2O2. The molecule has 0 aliphatic carbocycles. The molecule has 1 saturated heterocycles. The normalized spacial score (nSPS) is 19.3. The Morgan fingerprint density at radius 3 is 2.17 bits per heavy atom. The molecule has 0 atom stereocenters. The van der Waals surface area contributed by atoms with E-state index in [0.717, 1.165) is 12.8 Å². The first-order valence-corrected chi connectivity index (χ1v) is 7.13. The molecule has 2 amide bonds. The summed E-state index contributed by atoms with van der Waals surface area (Å²) < 4.78 is 0. The van der Waals surface area contributed by atoms with Crippen molar-refractivity contribution in [2.24, 2.45) is 5.92 Å². The fraction of sp³-hybridized carbons (Fsp3) is 0.857. The van der Waals surface area contributed by atoms with Crippen LogP contribution in [0.5, 0.6) is 0 Å². The van der Waals surface area contributed by atoms with Crippen molar-refractivity contribution in [2.45, 2.75) is 58.9 Å². The van der Waals surface area contributed by atoms with Gasteiger partial charge in [0, 0.05) is 6.54 Å². The van der Waals surface area contributed by atoms with Crippen LogP contribution in [-0.4, -0.2) is 35.3 Å². The summed E-state index contributed by atoms with van der Waals surface area (Å²) in [6.45, 7) is 9.12. The molecule has 0 saturated carbocycles. The van der Waals surface area contributed by atoms with Gasteiger partial charge >= 0.3 is 0 Å². The van der Waals surface area contributed by atoms with E-state index in [4.69, 9.17) is 0 Å². The third kappa shape index (κ3) is 2.85. The second-order valence-corrected chi connectivity index (χ2v) is 5.21. The van der Waals surface area contributed by atoms with Gasteiger partial charge in [-0.05, 0) is 18.8 Å². The molecule has 0 aromatic carbocycles. The maximum atomic E-state index is 12.5. The lowest BCUT2D eigenvalue weighted by Gasteiger charge is -2.42. The van der Waals surface area contributed by atoms with Crippen molar-refractivity contribution < 1.29 is 9.59 Å². The molecule has 0 bridgehead atoms. The number of amides is 2. The smallest absolute Gasteiger partial charge is 0.248 e. The minimum atomic E-state index is -0.665. The first-order chi connectivity index (χ1) is 8.52. The topological polar surface area (TPSA) is 49.4 Å². The van der Waals surface area contributed by atoms with Crippen LogP contribution in [0.3, 0.4) is 0 Å². The number of hydrogen-bond acceptors (Lipinski definition) is 2. The quantitative estimate of drug-likeness (QED) is 0.787. The Hall–Kier alpha value is -1.06. The van der Waals surface area contributed by atoms with Crippen LogP contribution in [0.25, 0.3) is 0 Å². The number of rotatable bonds is 6.